The minimum atomic E-state index is -1.03. The number of methoxy groups -OCH3 is 2. The predicted octanol–water partition coefficient (Wildman–Crippen LogP) is 4.80. The number of rotatable bonds is 12. The second-order valence-electron chi connectivity index (χ2n) is 9.74. The van der Waals surface area contributed by atoms with Crippen molar-refractivity contribution in [2.45, 2.75) is 58.5 Å². The van der Waals surface area contributed by atoms with Gasteiger partial charge in [-0.3, -0.25) is 19.3 Å². The molecule has 3 aromatic rings. The van der Waals surface area contributed by atoms with Gasteiger partial charge < -0.3 is 24.6 Å². The summed E-state index contributed by atoms with van der Waals surface area (Å²) < 4.78 is 15.7. The van der Waals surface area contributed by atoms with Crippen molar-refractivity contribution in [3.8, 4) is 11.5 Å². The van der Waals surface area contributed by atoms with Gasteiger partial charge >= 0.3 is 0 Å². The van der Waals surface area contributed by atoms with E-state index < -0.39 is 23.4 Å². The summed E-state index contributed by atoms with van der Waals surface area (Å²) in [6.45, 7) is 7.53. The molecule has 10 heteroatoms. The smallest absolute Gasteiger partial charge is 0.248 e. The summed E-state index contributed by atoms with van der Waals surface area (Å²) in [4.78, 5) is 41.7. The Bertz CT molecular complexity index is 1280. The maximum Gasteiger partial charge on any atom is 0.248 e. The molecule has 10 nitrogen and oxygen atoms in total. The molecule has 0 radical (unpaired) electrons. The summed E-state index contributed by atoms with van der Waals surface area (Å²) in [5, 5.41) is 9.45. The Labute approximate surface area is 228 Å². The Morgan fingerprint density at radius 1 is 1.00 bits per heavy atom. The average Bonchev–Trinajstić information content (AvgIpc) is 3.34. The summed E-state index contributed by atoms with van der Waals surface area (Å²) in [6, 6.07) is 14.5. The minimum absolute atomic E-state index is 0.122. The van der Waals surface area contributed by atoms with E-state index in [1.165, 1.54) is 12.0 Å². The van der Waals surface area contributed by atoms with Crippen LogP contribution in [-0.2, 0) is 14.4 Å². The largest absolute Gasteiger partial charge is 0.497 e. The van der Waals surface area contributed by atoms with E-state index in [0.717, 1.165) is 0 Å². The summed E-state index contributed by atoms with van der Waals surface area (Å²) in [5.74, 6) is 0.782. The number of amides is 3. The number of hydrogen-bond acceptors (Lipinski definition) is 7. The number of nitrogens with zero attached hydrogens (tertiary/aromatic N) is 2. The standard InChI is InChI=1S/C29H36N4O6/c1-7-29(3,4)31-28(36)27(20-11-13-22(37-5)14-12-20)33(21-9-8-10-23(18-21)38-6)26(35)16-15-25(34)30-24-17-19(2)39-32-24/h8-14,17-18,27H,7,15-16H2,1-6H3,(H,31,36)(H,30,32,34)/t27-/m1/s1. The van der Waals surface area contributed by atoms with Crippen molar-refractivity contribution < 1.29 is 28.4 Å². The second kappa shape index (κ2) is 12.9. The highest BCUT2D eigenvalue weighted by Gasteiger charge is 2.35. The number of carbonyl (C=O) groups excluding carboxylic acids is 3. The van der Waals surface area contributed by atoms with E-state index in [9.17, 15) is 14.4 Å². The Kier molecular flexibility index (Phi) is 9.70. The van der Waals surface area contributed by atoms with Crippen LogP contribution in [0.1, 0.15) is 57.4 Å². The highest BCUT2D eigenvalue weighted by Crippen LogP contribution is 2.32. The van der Waals surface area contributed by atoms with Crippen molar-refractivity contribution in [1.29, 1.82) is 0 Å². The zero-order valence-electron chi connectivity index (χ0n) is 23.2. The third-order valence-electron chi connectivity index (χ3n) is 6.35. The lowest BCUT2D eigenvalue weighted by Crippen LogP contribution is -2.50. The van der Waals surface area contributed by atoms with Crippen LogP contribution in [0.5, 0.6) is 11.5 Å². The number of nitrogens with one attached hydrogen (secondary N) is 2. The van der Waals surface area contributed by atoms with E-state index in [-0.39, 0.29) is 24.6 Å². The Balaban J connectivity index is 1.99. The monoisotopic (exact) mass is 536 g/mol. The molecule has 3 rings (SSSR count). The van der Waals surface area contributed by atoms with Gasteiger partial charge in [-0.2, -0.15) is 0 Å². The molecule has 0 unspecified atom stereocenters. The summed E-state index contributed by atoms with van der Waals surface area (Å²) >= 11 is 0. The lowest BCUT2D eigenvalue weighted by atomic mass is 9.97. The molecule has 0 aliphatic rings. The molecule has 0 bridgehead atoms. The predicted molar refractivity (Wildman–Crippen MR) is 148 cm³/mol. The first-order chi connectivity index (χ1) is 18.6. The topological polar surface area (TPSA) is 123 Å². The third-order valence-corrected chi connectivity index (χ3v) is 6.35. The van der Waals surface area contributed by atoms with Gasteiger partial charge in [0.1, 0.15) is 23.3 Å². The van der Waals surface area contributed by atoms with Crippen molar-refractivity contribution in [2.75, 3.05) is 24.4 Å². The van der Waals surface area contributed by atoms with Crippen LogP contribution in [0.4, 0.5) is 11.5 Å². The summed E-state index contributed by atoms with van der Waals surface area (Å²) in [7, 11) is 3.08. The second-order valence-corrected chi connectivity index (χ2v) is 9.74. The average molecular weight is 537 g/mol. The van der Waals surface area contributed by atoms with Crippen LogP contribution in [0.25, 0.3) is 0 Å². The highest BCUT2D eigenvalue weighted by molar-refractivity contribution is 6.03. The first-order valence-corrected chi connectivity index (χ1v) is 12.7. The fourth-order valence-electron chi connectivity index (χ4n) is 3.86. The maximum absolute atomic E-state index is 13.9. The molecule has 1 atom stereocenters. The van der Waals surface area contributed by atoms with Crippen LogP contribution in [0, 0.1) is 6.92 Å². The molecule has 0 aliphatic carbocycles. The van der Waals surface area contributed by atoms with Gasteiger partial charge in [0.25, 0.3) is 0 Å². The Morgan fingerprint density at radius 2 is 1.69 bits per heavy atom. The van der Waals surface area contributed by atoms with Gasteiger partial charge in [-0.25, -0.2) is 0 Å². The number of hydrogen-bond donors (Lipinski definition) is 2. The van der Waals surface area contributed by atoms with Crippen molar-refractivity contribution in [3.05, 3.63) is 65.9 Å². The van der Waals surface area contributed by atoms with Gasteiger partial charge in [0.2, 0.25) is 17.7 Å². The molecule has 2 aromatic carbocycles. The molecule has 0 spiro atoms. The molecule has 2 N–H and O–H groups in total. The van der Waals surface area contributed by atoms with Crippen molar-refractivity contribution in [1.82, 2.24) is 10.5 Å². The number of carbonyl (C=O) groups is 3. The maximum atomic E-state index is 13.9. The summed E-state index contributed by atoms with van der Waals surface area (Å²) in [6.07, 6.45) is 0.405. The van der Waals surface area contributed by atoms with Crippen LogP contribution in [0.3, 0.4) is 0 Å². The van der Waals surface area contributed by atoms with Crippen molar-refractivity contribution in [2.24, 2.45) is 0 Å². The van der Waals surface area contributed by atoms with Gasteiger partial charge in [0.15, 0.2) is 5.82 Å². The Morgan fingerprint density at radius 3 is 2.28 bits per heavy atom. The lowest BCUT2D eigenvalue weighted by molar-refractivity contribution is -0.128. The number of anilines is 2. The number of aromatic nitrogens is 1. The zero-order chi connectivity index (χ0) is 28.6. The van der Waals surface area contributed by atoms with Crippen LogP contribution >= 0.6 is 0 Å². The number of benzene rings is 2. The van der Waals surface area contributed by atoms with Gasteiger partial charge in [-0.15, -0.1) is 0 Å². The van der Waals surface area contributed by atoms with Crippen LogP contribution in [-0.4, -0.2) is 42.6 Å². The lowest BCUT2D eigenvalue weighted by Gasteiger charge is -2.35. The van der Waals surface area contributed by atoms with Crippen LogP contribution in [0.2, 0.25) is 0 Å². The molecule has 0 saturated carbocycles. The van der Waals surface area contributed by atoms with Crippen molar-refractivity contribution in [3.63, 3.8) is 0 Å². The molecule has 3 amide bonds. The van der Waals surface area contributed by atoms with E-state index in [2.05, 4.69) is 15.8 Å². The fraction of sp³-hybridized carbons (Fsp3) is 0.379. The number of ether oxygens (including phenoxy) is 2. The van der Waals surface area contributed by atoms with E-state index >= 15 is 0 Å². The van der Waals surface area contributed by atoms with Crippen LogP contribution in [0.15, 0.2) is 59.1 Å². The van der Waals surface area contributed by atoms with E-state index in [0.29, 0.717) is 34.9 Å². The zero-order valence-corrected chi connectivity index (χ0v) is 23.2. The van der Waals surface area contributed by atoms with Crippen molar-refractivity contribution >= 4 is 29.2 Å². The third kappa shape index (κ3) is 7.83. The van der Waals surface area contributed by atoms with Gasteiger partial charge in [0, 0.05) is 36.2 Å². The quantitative estimate of drug-likeness (QED) is 0.341. The van der Waals surface area contributed by atoms with Gasteiger partial charge in [0.05, 0.1) is 14.2 Å². The SMILES string of the molecule is CCC(C)(C)NC(=O)[C@@H](c1ccc(OC)cc1)N(C(=O)CCC(=O)Nc1cc(C)on1)c1cccc(OC)c1. The van der Waals surface area contributed by atoms with Gasteiger partial charge in [-0.05, 0) is 57.0 Å². The first kappa shape index (κ1) is 29.2. The van der Waals surface area contributed by atoms with Crippen LogP contribution < -0.4 is 25.0 Å². The van der Waals surface area contributed by atoms with E-state index in [1.807, 2.05) is 20.8 Å². The Hall–Kier alpha value is -4.34. The minimum Gasteiger partial charge on any atom is -0.497 e. The van der Waals surface area contributed by atoms with E-state index in [4.69, 9.17) is 14.0 Å². The van der Waals surface area contributed by atoms with E-state index in [1.54, 1.807) is 68.6 Å². The van der Waals surface area contributed by atoms with Gasteiger partial charge in [-0.1, -0.05) is 30.3 Å². The fourth-order valence-corrected chi connectivity index (χ4v) is 3.86. The summed E-state index contributed by atoms with van der Waals surface area (Å²) in [5.41, 5.74) is 0.525. The molecule has 39 heavy (non-hydrogen) atoms. The first-order valence-electron chi connectivity index (χ1n) is 12.7. The molecule has 208 valence electrons. The molecule has 0 saturated heterocycles. The molecule has 1 heterocycles. The highest BCUT2D eigenvalue weighted by atomic mass is 16.5. The number of aryl methyl sites for hydroxylation is 1. The molecular weight excluding hydrogens is 500 g/mol. The molecule has 0 aliphatic heterocycles. The normalized spacial score (nSPS) is 11.8. The molecule has 1 aromatic heterocycles. The molecule has 0 fully saturated rings. The molecular formula is C29H36N4O6.